The minimum atomic E-state index is -0.745. The van der Waals surface area contributed by atoms with Gasteiger partial charge in [-0.1, -0.05) is 42.1 Å². The van der Waals surface area contributed by atoms with E-state index in [2.05, 4.69) is 20.5 Å². The lowest BCUT2D eigenvalue weighted by Gasteiger charge is -2.06. The maximum atomic E-state index is 13.5. The number of benzene rings is 2. The summed E-state index contributed by atoms with van der Waals surface area (Å²) in [6.45, 7) is 0. The number of hydrogen-bond donors (Lipinski definition) is 2. The maximum absolute atomic E-state index is 13.5. The van der Waals surface area contributed by atoms with E-state index in [4.69, 9.17) is 0 Å². The molecule has 0 radical (unpaired) electrons. The van der Waals surface area contributed by atoms with Crippen LogP contribution < -0.4 is 10.9 Å². The summed E-state index contributed by atoms with van der Waals surface area (Å²) in [6.07, 6.45) is 0. The van der Waals surface area contributed by atoms with Crippen LogP contribution in [0, 0.1) is 11.6 Å². The second-order valence-electron chi connectivity index (χ2n) is 5.13. The van der Waals surface area contributed by atoms with E-state index in [0.717, 1.165) is 30.0 Å². The summed E-state index contributed by atoms with van der Waals surface area (Å²) in [4.78, 5) is 26.5. The molecule has 6 nitrogen and oxygen atoms in total. The van der Waals surface area contributed by atoms with Crippen LogP contribution in [0.1, 0.15) is 0 Å². The SMILES string of the molecule is O=C(CSc1nnc(-c2ccccc2)c(=O)[nH]1)Nc1cc(F)ccc1F. The number of nitrogens with one attached hydrogen (secondary N) is 2. The summed E-state index contributed by atoms with van der Waals surface area (Å²) in [7, 11) is 0. The third-order valence-electron chi connectivity index (χ3n) is 3.27. The van der Waals surface area contributed by atoms with E-state index in [1.807, 2.05) is 6.07 Å². The molecule has 1 heterocycles. The van der Waals surface area contributed by atoms with Crippen molar-refractivity contribution in [3.05, 3.63) is 70.5 Å². The molecule has 3 rings (SSSR count). The summed E-state index contributed by atoms with van der Waals surface area (Å²) in [6, 6.07) is 11.6. The number of halogens is 2. The molecule has 0 atom stereocenters. The number of hydrogen-bond acceptors (Lipinski definition) is 5. The van der Waals surface area contributed by atoms with E-state index >= 15 is 0 Å². The van der Waals surface area contributed by atoms with Crippen LogP contribution in [0.4, 0.5) is 14.5 Å². The van der Waals surface area contributed by atoms with Gasteiger partial charge in [-0.3, -0.25) is 14.6 Å². The van der Waals surface area contributed by atoms with Gasteiger partial charge < -0.3 is 5.32 Å². The Kier molecular flexibility index (Phi) is 5.37. The van der Waals surface area contributed by atoms with Gasteiger partial charge in [0.2, 0.25) is 5.91 Å². The second-order valence-corrected chi connectivity index (χ2v) is 6.10. The van der Waals surface area contributed by atoms with Gasteiger partial charge in [-0.25, -0.2) is 8.78 Å². The molecule has 2 N–H and O–H groups in total. The van der Waals surface area contributed by atoms with Gasteiger partial charge in [0.05, 0.1) is 11.4 Å². The summed E-state index contributed by atoms with van der Waals surface area (Å²) in [5.41, 5.74) is 0.0956. The largest absolute Gasteiger partial charge is 0.323 e. The predicted molar refractivity (Wildman–Crippen MR) is 93.8 cm³/mol. The Morgan fingerprint density at radius 1 is 1.12 bits per heavy atom. The number of carbonyl (C=O) groups is 1. The van der Waals surface area contributed by atoms with Crippen LogP contribution in [0.3, 0.4) is 0 Å². The molecule has 0 aliphatic heterocycles. The van der Waals surface area contributed by atoms with E-state index in [-0.39, 0.29) is 22.3 Å². The van der Waals surface area contributed by atoms with Gasteiger partial charge in [0.25, 0.3) is 5.56 Å². The first kappa shape index (κ1) is 17.7. The van der Waals surface area contributed by atoms with Crippen molar-refractivity contribution in [2.75, 3.05) is 11.1 Å². The lowest BCUT2D eigenvalue weighted by molar-refractivity contribution is -0.113. The van der Waals surface area contributed by atoms with Gasteiger partial charge in [0.15, 0.2) is 10.9 Å². The van der Waals surface area contributed by atoms with Crippen molar-refractivity contribution in [3.63, 3.8) is 0 Å². The van der Waals surface area contributed by atoms with Gasteiger partial charge in [-0.15, -0.1) is 10.2 Å². The molecule has 3 aromatic rings. The molecule has 0 fully saturated rings. The summed E-state index contributed by atoms with van der Waals surface area (Å²) in [5.74, 6) is -2.15. The Morgan fingerprint density at radius 2 is 1.88 bits per heavy atom. The highest BCUT2D eigenvalue weighted by molar-refractivity contribution is 7.99. The predicted octanol–water partition coefficient (Wildman–Crippen LogP) is 2.84. The molecule has 0 aliphatic rings. The fraction of sp³-hybridized carbons (Fsp3) is 0.0588. The highest BCUT2D eigenvalue weighted by Crippen LogP contribution is 2.17. The van der Waals surface area contributed by atoms with Crippen LogP contribution in [-0.4, -0.2) is 26.8 Å². The molecule has 0 bridgehead atoms. The van der Waals surface area contributed by atoms with Gasteiger partial charge in [-0.2, -0.15) is 0 Å². The smallest absolute Gasteiger partial charge is 0.278 e. The first-order chi connectivity index (χ1) is 12.5. The van der Waals surface area contributed by atoms with Crippen molar-refractivity contribution in [1.82, 2.24) is 15.2 Å². The maximum Gasteiger partial charge on any atom is 0.278 e. The molecule has 26 heavy (non-hydrogen) atoms. The first-order valence-corrected chi connectivity index (χ1v) is 8.41. The van der Waals surface area contributed by atoms with Gasteiger partial charge in [0, 0.05) is 11.6 Å². The minimum Gasteiger partial charge on any atom is -0.323 e. The van der Waals surface area contributed by atoms with Crippen LogP contribution in [0.5, 0.6) is 0 Å². The van der Waals surface area contributed by atoms with E-state index in [0.29, 0.717) is 5.56 Å². The zero-order chi connectivity index (χ0) is 18.5. The topological polar surface area (TPSA) is 87.7 Å². The fourth-order valence-electron chi connectivity index (χ4n) is 2.09. The molecular formula is C17H12F2N4O2S. The molecule has 1 amide bonds. The van der Waals surface area contributed by atoms with E-state index in [1.165, 1.54) is 0 Å². The third-order valence-corrected chi connectivity index (χ3v) is 4.13. The number of amides is 1. The number of thioether (sulfide) groups is 1. The molecule has 2 aromatic carbocycles. The average Bonchev–Trinajstić information content (AvgIpc) is 2.64. The van der Waals surface area contributed by atoms with E-state index in [9.17, 15) is 18.4 Å². The van der Waals surface area contributed by atoms with Gasteiger partial charge >= 0.3 is 0 Å². The molecule has 0 saturated heterocycles. The second kappa shape index (κ2) is 7.87. The van der Waals surface area contributed by atoms with Crippen molar-refractivity contribution in [2.24, 2.45) is 0 Å². The number of anilines is 1. The molecule has 0 aliphatic carbocycles. The van der Waals surface area contributed by atoms with Crippen molar-refractivity contribution in [1.29, 1.82) is 0 Å². The molecule has 0 spiro atoms. The molecular weight excluding hydrogens is 362 g/mol. The average molecular weight is 374 g/mol. The third kappa shape index (κ3) is 4.31. The van der Waals surface area contributed by atoms with Crippen LogP contribution in [-0.2, 0) is 4.79 Å². The van der Waals surface area contributed by atoms with E-state index in [1.54, 1.807) is 24.3 Å². The Labute approximate surface area is 150 Å². The van der Waals surface area contributed by atoms with Gasteiger partial charge in [-0.05, 0) is 12.1 Å². The lowest BCUT2D eigenvalue weighted by atomic mass is 10.2. The monoisotopic (exact) mass is 374 g/mol. The number of aromatic nitrogens is 3. The molecule has 1 aromatic heterocycles. The Hall–Kier alpha value is -3.07. The molecule has 0 saturated carbocycles. The lowest BCUT2D eigenvalue weighted by Crippen LogP contribution is -2.17. The number of carbonyl (C=O) groups excluding carboxylic acids is 1. The highest BCUT2D eigenvalue weighted by Gasteiger charge is 2.11. The quantitative estimate of drug-likeness (QED) is 0.671. The number of aromatic amines is 1. The Morgan fingerprint density at radius 3 is 2.62 bits per heavy atom. The highest BCUT2D eigenvalue weighted by atomic mass is 32.2. The summed E-state index contributed by atoms with van der Waals surface area (Å²) >= 11 is 0.918. The normalized spacial score (nSPS) is 10.5. The van der Waals surface area contributed by atoms with Crippen molar-refractivity contribution >= 4 is 23.4 Å². The van der Waals surface area contributed by atoms with Crippen molar-refractivity contribution in [3.8, 4) is 11.3 Å². The number of H-pyrrole nitrogens is 1. The number of nitrogens with zero attached hydrogens (tertiary/aromatic N) is 2. The van der Waals surface area contributed by atoms with Crippen molar-refractivity contribution in [2.45, 2.75) is 5.16 Å². The molecule has 0 unspecified atom stereocenters. The zero-order valence-corrected chi connectivity index (χ0v) is 14.0. The standard InChI is InChI=1S/C17H12F2N4O2S/c18-11-6-7-12(19)13(8-11)20-14(24)9-26-17-21-16(25)15(22-23-17)10-4-2-1-3-5-10/h1-8H,9H2,(H,20,24)(H,21,23,25). The van der Waals surface area contributed by atoms with Crippen LogP contribution in [0.15, 0.2) is 58.5 Å². The summed E-state index contributed by atoms with van der Waals surface area (Å²) in [5, 5.41) is 10.2. The first-order valence-electron chi connectivity index (χ1n) is 7.43. The summed E-state index contributed by atoms with van der Waals surface area (Å²) < 4.78 is 26.6. The van der Waals surface area contributed by atoms with Crippen molar-refractivity contribution < 1.29 is 13.6 Å². The zero-order valence-electron chi connectivity index (χ0n) is 13.2. The number of rotatable bonds is 5. The molecule has 9 heteroatoms. The Bertz CT molecular complexity index is 996. The Balaban J connectivity index is 1.65. The molecule has 132 valence electrons. The van der Waals surface area contributed by atoms with Crippen LogP contribution >= 0.6 is 11.8 Å². The fourth-order valence-corrected chi connectivity index (χ4v) is 2.69. The van der Waals surface area contributed by atoms with Crippen LogP contribution in [0.2, 0.25) is 0 Å². The van der Waals surface area contributed by atoms with Crippen LogP contribution in [0.25, 0.3) is 11.3 Å². The van der Waals surface area contributed by atoms with E-state index < -0.39 is 23.1 Å². The minimum absolute atomic E-state index is 0.143. The van der Waals surface area contributed by atoms with Gasteiger partial charge in [0.1, 0.15) is 11.6 Å².